The first-order valence-corrected chi connectivity index (χ1v) is 7.89. The van der Waals surface area contributed by atoms with E-state index in [0.29, 0.717) is 12.2 Å². The van der Waals surface area contributed by atoms with Gasteiger partial charge in [-0.3, -0.25) is 9.59 Å². The Balaban J connectivity index is 2.42. The van der Waals surface area contributed by atoms with Gasteiger partial charge in [0.2, 0.25) is 5.91 Å². The van der Waals surface area contributed by atoms with E-state index in [-0.39, 0.29) is 17.6 Å². The summed E-state index contributed by atoms with van der Waals surface area (Å²) < 4.78 is 0.731. The summed E-state index contributed by atoms with van der Waals surface area (Å²) in [7, 11) is 0. The van der Waals surface area contributed by atoms with Crippen LogP contribution in [0.25, 0.3) is 0 Å². The van der Waals surface area contributed by atoms with Crippen LogP contribution in [0.1, 0.15) is 32.4 Å². The van der Waals surface area contributed by atoms with E-state index in [1.54, 1.807) is 5.38 Å². The number of hydrogen-bond donors (Lipinski definition) is 2. The molecule has 0 aliphatic rings. The van der Waals surface area contributed by atoms with Gasteiger partial charge in [-0.05, 0) is 13.3 Å². The van der Waals surface area contributed by atoms with Crippen molar-refractivity contribution in [2.75, 3.05) is 6.54 Å². The lowest BCUT2D eigenvalue weighted by atomic mass is 10.3. The van der Waals surface area contributed by atoms with Gasteiger partial charge in [0.1, 0.15) is 0 Å². The van der Waals surface area contributed by atoms with Gasteiger partial charge in [-0.25, -0.2) is 4.98 Å². The van der Waals surface area contributed by atoms with Crippen LogP contribution in [0.5, 0.6) is 0 Å². The van der Waals surface area contributed by atoms with Crippen molar-refractivity contribution in [3.8, 4) is 0 Å². The third-order valence-electron chi connectivity index (χ3n) is 2.34. The molecule has 2 N–H and O–H groups in total. The summed E-state index contributed by atoms with van der Waals surface area (Å²) >= 11 is 2.73. The zero-order chi connectivity index (χ0) is 14.3. The molecule has 19 heavy (non-hydrogen) atoms. The predicted octanol–water partition coefficient (Wildman–Crippen LogP) is 2.17. The Labute approximate surface area is 120 Å². The normalized spacial score (nSPS) is 12.1. The SMILES string of the molecule is CCCCNC(=O)C(C)Sc1nc(CC(=O)O)cs1. The number of carbonyl (C=O) groups is 2. The van der Waals surface area contributed by atoms with E-state index in [1.807, 2.05) is 6.92 Å². The molecule has 0 aliphatic carbocycles. The fourth-order valence-corrected chi connectivity index (χ4v) is 3.32. The van der Waals surface area contributed by atoms with Crippen molar-refractivity contribution < 1.29 is 14.7 Å². The van der Waals surface area contributed by atoms with E-state index >= 15 is 0 Å². The zero-order valence-corrected chi connectivity index (χ0v) is 12.6. The summed E-state index contributed by atoms with van der Waals surface area (Å²) in [6, 6.07) is 0. The minimum absolute atomic E-state index is 0.00608. The van der Waals surface area contributed by atoms with Crippen LogP contribution in [-0.2, 0) is 16.0 Å². The smallest absolute Gasteiger partial charge is 0.309 e. The Bertz CT molecular complexity index is 434. The summed E-state index contributed by atoms with van der Waals surface area (Å²) in [5, 5.41) is 13.0. The van der Waals surface area contributed by atoms with Crippen LogP contribution in [0, 0.1) is 0 Å². The van der Waals surface area contributed by atoms with Gasteiger partial charge in [0, 0.05) is 11.9 Å². The lowest BCUT2D eigenvalue weighted by molar-refractivity contribution is -0.136. The van der Waals surface area contributed by atoms with Gasteiger partial charge in [-0.15, -0.1) is 11.3 Å². The standard InChI is InChI=1S/C12H18N2O3S2/c1-3-4-5-13-11(17)8(2)19-12-14-9(7-18-12)6-10(15)16/h7-8H,3-6H2,1-2H3,(H,13,17)(H,15,16). The highest BCUT2D eigenvalue weighted by atomic mass is 32.2. The van der Waals surface area contributed by atoms with E-state index in [2.05, 4.69) is 17.2 Å². The Kier molecular flexibility index (Phi) is 6.86. The van der Waals surface area contributed by atoms with E-state index in [0.717, 1.165) is 17.2 Å². The predicted molar refractivity (Wildman–Crippen MR) is 76.7 cm³/mol. The fraction of sp³-hybridized carbons (Fsp3) is 0.583. The van der Waals surface area contributed by atoms with Crippen LogP contribution in [-0.4, -0.2) is 33.8 Å². The number of carbonyl (C=O) groups excluding carboxylic acids is 1. The molecule has 0 spiro atoms. The minimum atomic E-state index is -0.896. The number of thioether (sulfide) groups is 1. The maximum absolute atomic E-state index is 11.8. The highest BCUT2D eigenvalue weighted by molar-refractivity contribution is 8.02. The van der Waals surface area contributed by atoms with Crippen molar-refractivity contribution in [3.05, 3.63) is 11.1 Å². The second kappa shape index (κ2) is 8.16. The molecule has 5 nitrogen and oxygen atoms in total. The molecule has 0 saturated heterocycles. The second-order valence-electron chi connectivity index (χ2n) is 4.08. The van der Waals surface area contributed by atoms with Crippen molar-refractivity contribution in [2.24, 2.45) is 0 Å². The molecule has 1 rings (SSSR count). The fourth-order valence-electron chi connectivity index (χ4n) is 1.32. The second-order valence-corrected chi connectivity index (χ2v) is 6.53. The van der Waals surface area contributed by atoms with Crippen molar-refractivity contribution >= 4 is 35.0 Å². The van der Waals surface area contributed by atoms with Gasteiger partial charge in [-0.2, -0.15) is 0 Å². The Morgan fingerprint density at radius 2 is 2.32 bits per heavy atom. The van der Waals surface area contributed by atoms with Gasteiger partial charge in [0.15, 0.2) is 4.34 Å². The number of unbranched alkanes of at least 4 members (excludes halogenated alkanes) is 1. The maximum atomic E-state index is 11.8. The molecule has 106 valence electrons. The number of aromatic nitrogens is 1. The number of nitrogens with zero attached hydrogens (tertiary/aromatic N) is 1. The van der Waals surface area contributed by atoms with Gasteiger partial charge in [-0.1, -0.05) is 25.1 Å². The van der Waals surface area contributed by atoms with Crippen LogP contribution in [0.2, 0.25) is 0 Å². The molecule has 1 unspecified atom stereocenters. The summed E-state index contributed by atoms with van der Waals surface area (Å²) in [4.78, 5) is 26.5. The third kappa shape index (κ3) is 6.07. The van der Waals surface area contributed by atoms with Crippen molar-refractivity contribution in [1.29, 1.82) is 0 Å². The van der Waals surface area contributed by atoms with Gasteiger partial charge >= 0.3 is 5.97 Å². The number of amides is 1. The van der Waals surface area contributed by atoms with Gasteiger partial charge in [0.25, 0.3) is 0 Å². The number of carboxylic acid groups (broad SMARTS) is 1. The number of carboxylic acids is 1. The minimum Gasteiger partial charge on any atom is -0.481 e. The Morgan fingerprint density at radius 3 is 2.95 bits per heavy atom. The zero-order valence-electron chi connectivity index (χ0n) is 11.0. The molecule has 0 bridgehead atoms. The number of rotatable bonds is 8. The summed E-state index contributed by atoms with van der Waals surface area (Å²) in [6.45, 7) is 4.59. The summed E-state index contributed by atoms with van der Waals surface area (Å²) in [5.74, 6) is -0.902. The maximum Gasteiger partial charge on any atom is 0.309 e. The molecule has 1 aromatic heterocycles. The third-order valence-corrected chi connectivity index (χ3v) is 4.46. The highest BCUT2D eigenvalue weighted by Gasteiger charge is 2.16. The molecule has 0 saturated carbocycles. The molecule has 0 aliphatic heterocycles. The van der Waals surface area contributed by atoms with Crippen LogP contribution in [0.15, 0.2) is 9.72 Å². The molecule has 1 heterocycles. The number of thiazole rings is 1. The topological polar surface area (TPSA) is 79.3 Å². The first-order valence-electron chi connectivity index (χ1n) is 6.13. The molecular formula is C12H18N2O3S2. The van der Waals surface area contributed by atoms with Crippen molar-refractivity contribution in [3.63, 3.8) is 0 Å². The number of nitrogens with one attached hydrogen (secondary N) is 1. The molecule has 1 atom stereocenters. The summed E-state index contributed by atoms with van der Waals surface area (Å²) in [5.41, 5.74) is 0.540. The first-order chi connectivity index (χ1) is 9.02. The quantitative estimate of drug-likeness (QED) is 0.568. The van der Waals surface area contributed by atoms with Crippen LogP contribution < -0.4 is 5.32 Å². The van der Waals surface area contributed by atoms with Crippen LogP contribution >= 0.6 is 23.1 Å². The van der Waals surface area contributed by atoms with E-state index in [4.69, 9.17) is 5.11 Å². The van der Waals surface area contributed by atoms with Crippen LogP contribution in [0.3, 0.4) is 0 Å². The molecule has 7 heteroatoms. The van der Waals surface area contributed by atoms with Gasteiger partial charge in [0.05, 0.1) is 17.4 Å². The molecule has 1 amide bonds. The highest BCUT2D eigenvalue weighted by Crippen LogP contribution is 2.27. The largest absolute Gasteiger partial charge is 0.481 e. The van der Waals surface area contributed by atoms with E-state index in [1.165, 1.54) is 23.1 Å². The molecule has 0 fully saturated rings. The molecule has 0 aromatic carbocycles. The Morgan fingerprint density at radius 1 is 1.58 bits per heavy atom. The average molecular weight is 302 g/mol. The number of hydrogen-bond acceptors (Lipinski definition) is 5. The summed E-state index contributed by atoms with van der Waals surface area (Å²) in [6.07, 6.45) is 1.95. The Hall–Kier alpha value is -1.08. The molecular weight excluding hydrogens is 284 g/mol. The van der Waals surface area contributed by atoms with Crippen molar-refractivity contribution in [2.45, 2.75) is 42.7 Å². The van der Waals surface area contributed by atoms with Crippen LogP contribution in [0.4, 0.5) is 0 Å². The first kappa shape index (κ1) is 16.0. The molecule has 0 radical (unpaired) electrons. The average Bonchev–Trinajstić information content (AvgIpc) is 2.75. The monoisotopic (exact) mass is 302 g/mol. The van der Waals surface area contributed by atoms with E-state index in [9.17, 15) is 9.59 Å². The van der Waals surface area contributed by atoms with E-state index < -0.39 is 5.97 Å². The molecule has 1 aromatic rings. The lowest BCUT2D eigenvalue weighted by Gasteiger charge is -2.09. The number of aliphatic carboxylic acids is 1. The van der Waals surface area contributed by atoms with Crippen molar-refractivity contribution in [1.82, 2.24) is 10.3 Å². The van der Waals surface area contributed by atoms with Gasteiger partial charge < -0.3 is 10.4 Å². The lowest BCUT2D eigenvalue weighted by Crippen LogP contribution is -2.31.